The molecular formula is C24H21N3O5. The van der Waals surface area contributed by atoms with Crippen molar-refractivity contribution in [2.75, 3.05) is 35.8 Å². The number of rotatable bonds is 6. The number of fused-ring (bicyclic) bond motifs is 1. The fourth-order valence-corrected chi connectivity index (χ4v) is 3.28. The highest BCUT2D eigenvalue weighted by Crippen LogP contribution is 2.30. The van der Waals surface area contributed by atoms with Crippen molar-refractivity contribution >= 4 is 34.8 Å². The molecule has 0 unspecified atom stereocenters. The zero-order valence-electron chi connectivity index (χ0n) is 17.3. The van der Waals surface area contributed by atoms with Gasteiger partial charge >= 0.3 is 0 Å². The van der Waals surface area contributed by atoms with Crippen molar-refractivity contribution in [2.45, 2.75) is 0 Å². The number of para-hydroxylation sites is 2. The average molecular weight is 431 g/mol. The van der Waals surface area contributed by atoms with Crippen LogP contribution in [0.3, 0.4) is 0 Å². The molecule has 3 amide bonds. The van der Waals surface area contributed by atoms with Gasteiger partial charge in [0, 0.05) is 11.3 Å². The van der Waals surface area contributed by atoms with E-state index in [0.29, 0.717) is 34.1 Å². The topological polar surface area (TPSA) is 97.0 Å². The molecule has 0 radical (unpaired) electrons. The van der Waals surface area contributed by atoms with E-state index < -0.39 is 0 Å². The van der Waals surface area contributed by atoms with Crippen LogP contribution in [0.4, 0.5) is 17.1 Å². The Morgan fingerprint density at radius 1 is 0.969 bits per heavy atom. The Bertz CT molecular complexity index is 1140. The number of benzene rings is 3. The zero-order valence-corrected chi connectivity index (χ0v) is 17.3. The van der Waals surface area contributed by atoms with Crippen LogP contribution in [0.2, 0.25) is 0 Å². The van der Waals surface area contributed by atoms with Crippen LogP contribution >= 0.6 is 0 Å². The van der Waals surface area contributed by atoms with Crippen molar-refractivity contribution in [3.05, 3.63) is 78.4 Å². The molecular weight excluding hydrogens is 410 g/mol. The van der Waals surface area contributed by atoms with E-state index in [2.05, 4.69) is 10.6 Å². The van der Waals surface area contributed by atoms with E-state index in [1.54, 1.807) is 73.8 Å². The summed E-state index contributed by atoms with van der Waals surface area (Å²) in [6.07, 6.45) is 0. The molecule has 0 atom stereocenters. The number of hydrogen-bond donors (Lipinski definition) is 2. The number of carbonyl (C=O) groups is 3. The second kappa shape index (κ2) is 9.22. The third kappa shape index (κ3) is 4.70. The molecule has 0 saturated carbocycles. The maximum atomic E-state index is 13.0. The Hall–Kier alpha value is -4.33. The van der Waals surface area contributed by atoms with Gasteiger partial charge in [0.2, 0.25) is 5.91 Å². The van der Waals surface area contributed by atoms with Gasteiger partial charge in [-0.3, -0.25) is 19.3 Å². The maximum Gasteiger partial charge on any atom is 0.262 e. The second-order valence-electron chi connectivity index (χ2n) is 7.05. The lowest BCUT2D eigenvalue weighted by molar-refractivity contribution is -0.118. The number of methoxy groups -OCH3 is 1. The van der Waals surface area contributed by atoms with E-state index in [-0.39, 0.29) is 30.9 Å². The summed E-state index contributed by atoms with van der Waals surface area (Å²) in [4.78, 5) is 38.6. The normalized spacial score (nSPS) is 12.4. The Kier molecular flexibility index (Phi) is 6.03. The van der Waals surface area contributed by atoms with Crippen molar-refractivity contribution in [3.63, 3.8) is 0 Å². The minimum absolute atomic E-state index is 0.0585. The highest BCUT2D eigenvalue weighted by molar-refractivity contribution is 6.15. The van der Waals surface area contributed by atoms with Gasteiger partial charge in [0.1, 0.15) is 18.0 Å². The summed E-state index contributed by atoms with van der Waals surface area (Å²) < 4.78 is 10.5. The Balaban J connectivity index is 1.37. The van der Waals surface area contributed by atoms with Gasteiger partial charge in [-0.25, -0.2) is 0 Å². The SMILES string of the molecule is COc1ccc(OCC(=O)Nc2ccc(C(=O)N3CC(=O)Nc4ccccc43)cc2)cc1. The van der Waals surface area contributed by atoms with Gasteiger partial charge in [0.15, 0.2) is 6.61 Å². The molecule has 1 heterocycles. The van der Waals surface area contributed by atoms with E-state index in [4.69, 9.17) is 9.47 Å². The third-order valence-electron chi connectivity index (χ3n) is 4.86. The standard InChI is InChI=1S/C24H21N3O5/c1-31-18-10-12-19(13-11-18)32-15-23(29)25-17-8-6-16(7-9-17)24(30)27-14-22(28)26-20-4-2-3-5-21(20)27/h2-13H,14-15H2,1H3,(H,25,29)(H,26,28). The fraction of sp³-hybridized carbons (Fsp3) is 0.125. The molecule has 0 spiro atoms. The second-order valence-corrected chi connectivity index (χ2v) is 7.05. The minimum Gasteiger partial charge on any atom is -0.497 e. The molecule has 1 aliphatic rings. The van der Waals surface area contributed by atoms with E-state index in [1.807, 2.05) is 6.07 Å². The van der Waals surface area contributed by atoms with E-state index in [0.717, 1.165) is 0 Å². The van der Waals surface area contributed by atoms with Crippen LogP contribution in [0.15, 0.2) is 72.8 Å². The van der Waals surface area contributed by atoms with Crippen molar-refractivity contribution in [1.29, 1.82) is 0 Å². The first kappa shape index (κ1) is 20.9. The largest absolute Gasteiger partial charge is 0.497 e. The molecule has 1 aliphatic heterocycles. The predicted octanol–water partition coefficient (Wildman–Crippen LogP) is 3.31. The summed E-state index contributed by atoms with van der Waals surface area (Å²) in [5.74, 6) is 0.366. The van der Waals surface area contributed by atoms with Gasteiger partial charge in [0.25, 0.3) is 11.8 Å². The zero-order chi connectivity index (χ0) is 22.5. The quantitative estimate of drug-likeness (QED) is 0.624. The van der Waals surface area contributed by atoms with Gasteiger partial charge in [-0.1, -0.05) is 12.1 Å². The third-order valence-corrected chi connectivity index (χ3v) is 4.86. The first-order valence-electron chi connectivity index (χ1n) is 9.91. The number of nitrogens with one attached hydrogen (secondary N) is 2. The number of anilines is 3. The highest BCUT2D eigenvalue weighted by atomic mass is 16.5. The number of hydrogen-bond acceptors (Lipinski definition) is 5. The molecule has 3 aromatic rings. The molecule has 0 bridgehead atoms. The molecule has 4 rings (SSSR count). The Morgan fingerprint density at radius 3 is 2.38 bits per heavy atom. The molecule has 8 nitrogen and oxygen atoms in total. The molecule has 0 aromatic heterocycles. The summed E-state index contributed by atoms with van der Waals surface area (Å²) in [7, 11) is 1.57. The van der Waals surface area contributed by atoms with Gasteiger partial charge in [-0.05, 0) is 60.7 Å². The molecule has 0 fully saturated rings. The lowest BCUT2D eigenvalue weighted by atomic mass is 10.1. The first-order chi connectivity index (χ1) is 15.5. The minimum atomic E-state index is -0.332. The van der Waals surface area contributed by atoms with E-state index in [1.165, 1.54) is 4.90 Å². The molecule has 3 aromatic carbocycles. The van der Waals surface area contributed by atoms with Gasteiger partial charge < -0.3 is 20.1 Å². The van der Waals surface area contributed by atoms with E-state index >= 15 is 0 Å². The number of amides is 3. The average Bonchev–Trinajstić information content (AvgIpc) is 2.82. The summed E-state index contributed by atoms with van der Waals surface area (Å²) in [6, 6.07) is 20.5. The van der Waals surface area contributed by atoms with Crippen LogP contribution in [-0.4, -0.2) is 38.0 Å². The van der Waals surface area contributed by atoms with Crippen LogP contribution in [0.5, 0.6) is 11.5 Å². The van der Waals surface area contributed by atoms with Gasteiger partial charge in [0.05, 0.1) is 18.5 Å². The monoisotopic (exact) mass is 431 g/mol. The Morgan fingerprint density at radius 2 is 1.66 bits per heavy atom. The highest BCUT2D eigenvalue weighted by Gasteiger charge is 2.27. The predicted molar refractivity (Wildman–Crippen MR) is 120 cm³/mol. The lowest BCUT2D eigenvalue weighted by Crippen LogP contribution is -2.42. The summed E-state index contributed by atoms with van der Waals surface area (Å²) in [5, 5.41) is 5.48. The van der Waals surface area contributed by atoms with Gasteiger partial charge in [-0.15, -0.1) is 0 Å². The first-order valence-corrected chi connectivity index (χ1v) is 9.91. The lowest BCUT2D eigenvalue weighted by Gasteiger charge is -2.29. The number of ether oxygens (including phenoxy) is 2. The van der Waals surface area contributed by atoms with Crippen molar-refractivity contribution < 1.29 is 23.9 Å². The van der Waals surface area contributed by atoms with Crippen molar-refractivity contribution in [3.8, 4) is 11.5 Å². The number of carbonyl (C=O) groups excluding carboxylic acids is 3. The van der Waals surface area contributed by atoms with Crippen LogP contribution in [0, 0.1) is 0 Å². The number of nitrogens with zero attached hydrogens (tertiary/aromatic N) is 1. The molecule has 2 N–H and O–H groups in total. The van der Waals surface area contributed by atoms with Crippen LogP contribution in [-0.2, 0) is 9.59 Å². The van der Waals surface area contributed by atoms with Crippen molar-refractivity contribution in [2.24, 2.45) is 0 Å². The van der Waals surface area contributed by atoms with Crippen molar-refractivity contribution in [1.82, 2.24) is 0 Å². The van der Waals surface area contributed by atoms with Crippen LogP contribution < -0.4 is 25.0 Å². The van der Waals surface area contributed by atoms with Crippen LogP contribution in [0.1, 0.15) is 10.4 Å². The van der Waals surface area contributed by atoms with Gasteiger partial charge in [-0.2, -0.15) is 0 Å². The molecule has 0 aliphatic carbocycles. The Labute approximate surface area is 184 Å². The summed E-state index contributed by atoms with van der Waals surface area (Å²) in [5.41, 5.74) is 2.17. The molecule has 8 heteroatoms. The maximum absolute atomic E-state index is 13.0. The van der Waals surface area contributed by atoms with Crippen LogP contribution in [0.25, 0.3) is 0 Å². The molecule has 0 saturated heterocycles. The molecule has 32 heavy (non-hydrogen) atoms. The summed E-state index contributed by atoms with van der Waals surface area (Å²) in [6.45, 7) is -0.219. The fourth-order valence-electron chi connectivity index (χ4n) is 3.28. The smallest absolute Gasteiger partial charge is 0.262 e. The molecule has 162 valence electrons. The summed E-state index contributed by atoms with van der Waals surface area (Å²) >= 11 is 0. The van der Waals surface area contributed by atoms with E-state index in [9.17, 15) is 14.4 Å².